The highest BCUT2D eigenvalue weighted by Crippen LogP contribution is 2.25. The fourth-order valence-electron chi connectivity index (χ4n) is 2.90. The van der Waals surface area contributed by atoms with Crippen LogP contribution in [0.3, 0.4) is 0 Å². The number of benzene rings is 2. The number of carbonyl (C=O) groups excluding carboxylic acids is 1. The number of thioether (sulfide) groups is 1. The van der Waals surface area contributed by atoms with Crippen LogP contribution in [0, 0.1) is 0 Å². The van der Waals surface area contributed by atoms with Crippen LogP contribution in [-0.4, -0.2) is 33.4 Å². The normalized spacial score (nSPS) is 10.8. The van der Waals surface area contributed by atoms with Crippen LogP contribution in [0.25, 0.3) is 5.69 Å². The summed E-state index contributed by atoms with van der Waals surface area (Å²) >= 11 is 3.10. The second kappa shape index (κ2) is 9.07. The molecule has 0 saturated heterocycles. The minimum absolute atomic E-state index is 0.0417. The molecule has 0 spiro atoms. The van der Waals surface area contributed by atoms with Crippen molar-refractivity contribution in [2.45, 2.75) is 11.6 Å². The van der Waals surface area contributed by atoms with E-state index in [-0.39, 0.29) is 11.5 Å². The van der Waals surface area contributed by atoms with Gasteiger partial charge >= 0.3 is 0 Å². The lowest BCUT2D eigenvalue weighted by molar-refractivity contribution is 0.102. The summed E-state index contributed by atoms with van der Waals surface area (Å²) in [6, 6.07) is 21.3. The van der Waals surface area contributed by atoms with Gasteiger partial charge in [-0.2, -0.15) is 0 Å². The van der Waals surface area contributed by atoms with Crippen LogP contribution in [0.2, 0.25) is 0 Å². The molecule has 0 unspecified atom stereocenters. The summed E-state index contributed by atoms with van der Waals surface area (Å²) in [5.41, 5.74) is 1.64. The first-order valence-electron chi connectivity index (χ1n) is 9.07. The van der Waals surface area contributed by atoms with E-state index in [1.807, 2.05) is 41.0 Å². The quantitative estimate of drug-likeness (QED) is 0.299. The molecule has 0 radical (unpaired) electrons. The van der Waals surface area contributed by atoms with Crippen LogP contribution in [0.15, 0.2) is 77.3 Å². The monoisotopic (exact) mass is 421 g/mol. The molecule has 4 aromatic rings. The molecule has 0 aliphatic rings. The van der Waals surface area contributed by atoms with Gasteiger partial charge in [-0.3, -0.25) is 9.36 Å². The van der Waals surface area contributed by atoms with Crippen LogP contribution >= 0.6 is 23.1 Å². The predicted octanol–water partition coefficient (Wildman–Crippen LogP) is 4.90. The van der Waals surface area contributed by atoms with Crippen molar-refractivity contribution in [1.82, 2.24) is 14.8 Å². The molecule has 2 aromatic carbocycles. The Labute approximate surface area is 177 Å². The lowest BCUT2D eigenvalue weighted by Crippen LogP contribution is -2.06. The zero-order valence-corrected chi connectivity index (χ0v) is 17.5. The van der Waals surface area contributed by atoms with Crippen LogP contribution < -0.4 is 4.74 Å². The van der Waals surface area contributed by atoms with Gasteiger partial charge in [-0.25, -0.2) is 0 Å². The second-order valence-corrected chi connectivity index (χ2v) is 8.24. The molecule has 2 heterocycles. The number of aromatic nitrogens is 3. The summed E-state index contributed by atoms with van der Waals surface area (Å²) in [6.07, 6.45) is 0.701. The van der Waals surface area contributed by atoms with Crippen LogP contribution in [-0.2, 0) is 6.42 Å². The van der Waals surface area contributed by atoms with Gasteiger partial charge in [-0.1, -0.05) is 36.0 Å². The lowest BCUT2D eigenvalue weighted by Gasteiger charge is -2.09. The molecule has 0 aliphatic carbocycles. The third-order valence-electron chi connectivity index (χ3n) is 4.37. The summed E-state index contributed by atoms with van der Waals surface area (Å²) in [5.74, 6) is 1.92. The van der Waals surface area contributed by atoms with Gasteiger partial charge in [0, 0.05) is 22.5 Å². The van der Waals surface area contributed by atoms with Gasteiger partial charge in [0.1, 0.15) is 11.6 Å². The van der Waals surface area contributed by atoms with Crippen molar-refractivity contribution in [3.8, 4) is 11.4 Å². The maximum Gasteiger partial charge on any atom is 0.196 e. The Kier molecular flexibility index (Phi) is 6.07. The third kappa shape index (κ3) is 4.58. The molecule has 29 heavy (non-hydrogen) atoms. The Morgan fingerprint density at radius 2 is 1.83 bits per heavy atom. The van der Waals surface area contributed by atoms with E-state index in [0.29, 0.717) is 17.1 Å². The minimum Gasteiger partial charge on any atom is -0.497 e. The van der Waals surface area contributed by atoms with Crippen molar-refractivity contribution in [2.75, 3.05) is 12.9 Å². The first kappa shape index (κ1) is 19.4. The molecule has 0 bridgehead atoms. The Morgan fingerprint density at radius 1 is 1.03 bits per heavy atom. The lowest BCUT2D eigenvalue weighted by atomic mass is 10.1. The van der Waals surface area contributed by atoms with E-state index >= 15 is 0 Å². The van der Waals surface area contributed by atoms with E-state index in [2.05, 4.69) is 21.6 Å². The summed E-state index contributed by atoms with van der Waals surface area (Å²) in [6.45, 7) is 0. The number of ether oxygens (including phenoxy) is 1. The van der Waals surface area contributed by atoms with Crippen molar-refractivity contribution in [2.24, 2.45) is 0 Å². The number of rotatable bonds is 8. The zero-order valence-electron chi connectivity index (χ0n) is 15.8. The number of nitrogens with zero attached hydrogens (tertiary/aromatic N) is 3. The molecule has 0 aliphatic heterocycles. The van der Waals surface area contributed by atoms with Gasteiger partial charge in [0.15, 0.2) is 10.9 Å². The van der Waals surface area contributed by atoms with Crippen LogP contribution in [0.1, 0.15) is 21.1 Å². The number of thiophene rings is 1. The fourth-order valence-corrected chi connectivity index (χ4v) is 4.47. The Hall–Kier alpha value is -2.90. The Morgan fingerprint density at radius 3 is 2.52 bits per heavy atom. The SMILES string of the molecule is COc1ccc(C(=O)CSc2nnc(Cc3cccs3)n2-c2ccccc2)cc1. The Balaban J connectivity index is 1.56. The van der Waals surface area contributed by atoms with E-state index in [4.69, 9.17) is 4.74 Å². The van der Waals surface area contributed by atoms with E-state index in [0.717, 1.165) is 17.3 Å². The molecule has 0 N–H and O–H groups in total. The number of ketones is 1. The fraction of sp³-hybridized carbons (Fsp3) is 0.136. The minimum atomic E-state index is 0.0417. The third-order valence-corrected chi connectivity index (χ3v) is 6.18. The number of Topliss-reactive ketones (excluding diaryl/α,β-unsaturated/α-hetero) is 1. The summed E-state index contributed by atoms with van der Waals surface area (Å²) < 4.78 is 7.18. The highest BCUT2D eigenvalue weighted by atomic mass is 32.2. The maximum atomic E-state index is 12.6. The van der Waals surface area contributed by atoms with Crippen molar-refractivity contribution < 1.29 is 9.53 Å². The zero-order chi connectivity index (χ0) is 20.1. The maximum absolute atomic E-state index is 12.6. The van der Waals surface area contributed by atoms with Gasteiger partial charge in [-0.15, -0.1) is 21.5 Å². The van der Waals surface area contributed by atoms with Crippen molar-refractivity contribution in [1.29, 1.82) is 0 Å². The molecule has 0 saturated carbocycles. The summed E-state index contributed by atoms with van der Waals surface area (Å²) in [5, 5.41) is 11.6. The van der Waals surface area contributed by atoms with Crippen molar-refractivity contribution in [3.63, 3.8) is 0 Å². The largest absolute Gasteiger partial charge is 0.497 e. The molecule has 0 amide bonds. The Bertz CT molecular complexity index is 1080. The van der Waals surface area contributed by atoms with Gasteiger partial charge in [0.25, 0.3) is 0 Å². The first-order valence-corrected chi connectivity index (χ1v) is 10.9. The molecule has 4 rings (SSSR count). The molecule has 0 atom stereocenters. The molecule has 5 nitrogen and oxygen atoms in total. The average molecular weight is 422 g/mol. The van der Waals surface area contributed by atoms with E-state index in [9.17, 15) is 4.79 Å². The van der Waals surface area contributed by atoms with E-state index in [1.54, 1.807) is 42.7 Å². The average Bonchev–Trinajstić information content (AvgIpc) is 3.43. The number of methoxy groups -OCH3 is 1. The molecule has 2 aromatic heterocycles. The van der Waals surface area contributed by atoms with Gasteiger partial charge < -0.3 is 4.74 Å². The number of carbonyl (C=O) groups is 1. The van der Waals surface area contributed by atoms with Crippen LogP contribution in [0.4, 0.5) is 0 Å². The van der Waals surface area contributed by atoms with Gasteiger partial charge in [0.2, 0.25) is 0 Å². The number of para-hydroxylation sites is 1. The topological polar surface area (TPSA) is 57.0 Å². The molecule has 146 valence electrons. The van der Waals surface area contributed by atoms with Gasteiger partial charge in [0.05, 0.1) is 12.9 Å². The smallest absolute Gasteiger partial charge is 0.196 e. The van der Waals surface area contributed by atoms with Crippen molar-refractivity contribution in [3.05, 3.63) is 88.4 Å². The van der Waals surface area contributed by atoms with E-state index in [1.165, 1.54) is 16.6 Å². The highest BCUT2D eigenvalue weighted by molar-refractivity contribution is 7.99. The van der Waals surface area contributed by atoms with Crippen molar-refractivity contribution >= 4 is 28.9 Å². The summed E-state index contributed by atoms with van der Waals surface area (Å²) in [7, 11) is 1.61. The van der Waals surface area contributed by atoms with E-state index < -0.39 is 0 Å². The molecular weight excluding hydrogens is 402 g/mol. The van der Waals surface area contributed by atoms with Gasteiger partial charge in [-0.05, 0) is 47.8 Å². The summed E-state index contributed by atoms with van der Waals surface area (Å²) in [4.78, 5) is 13.8. The first-order chi connectivity index (χ1) is 14.2. The molecule has 0 fully saturated rings. The molecule has 7 heteroatoms. The standard InChI is InChI=1S/C22H19N3O2S2/c1-27-18-11-9-16(10-12-18)20(26)15-29-22-24-23-21(14-19-8-5-13-28-19)25(22)17-6-3-2-4-7-17/h2-13H,14-15H2,1H3. The number of hydrogen-bond donors (Lipinski definition) is 0. The highest BCUT2D eigenvalue weighted by Gasteiger charge is 2.17. The predicted molar refractivity (Wildman–Crippen MR) is 117 cm³/mol. The molecular formula is C22H19N3O2S2. The van der Waals surface area contributed by atoms with Crippen LogP contribution in [0.5, 0.6) is 5.75 Å². The number of hydrogen-bond acceptors (Lipinski definition) is 6. The second-order valence-electron chi connectivity index (χ2n) is 6.27.